The lowest BCUT2D eigenvalue weighted by atomic mass is 10.2. The Labute approximate surface area is 87.7 Å². The normalized spacial score (nSPS) is 23.6. The molecule has 1 N–H and O–H groups in total. The van der Waals surface area contributed by atoms with Crippen LogP contribution in [0.25, 0.3) is 0 Å². The van der Waals surface area contributed by atoms with Gasteiger partial charge in [0.05, 0.1) is 6.61 Å². The minimum Gasteiger partial charge on any atom is -0.395 e. The first kappa shape index (κ1) is 12.0. The average molecular weight is 200 g/mol. The van der Waals surface area contributed by atoms with Crippen LogP contribution in [0.3, 0.4) is 0 Å². The first-order chi connectivity index (χ1) is 6.77. The maximum atomic E-state index is 8.85. The second kappa shape index (κ2) is 6.38. The highest BCUT2D eigenvalue weighted by Gasteiger charge is 2.24. The summed E-state index contributed by atoms with van der Waals surface area (Å²) in [6, 6.07) is 0.666. The molecule has 0 radical (unpaired) electrons. The first-order valence-corrected chi connectivity index (χ1v) is 5.81. The van der Waals surface area contributed by atoms with Gasteiger partial charge >= 0.3 is 0 Å². The summed E-state index contributed by atoms with van der Waals surface area (Å²) in [6.07, 6.45) is 3.87. The molecule has 0 spiro atoms. The molecule has 0 amide bonds. The Balaban J connectivity index is 2.19. The first-order valence-electron chi connectivity index (χ1n) is 5.81. The van der Waals surface area contributed by atoms with Gasteiger partial charge in [-0.15, -0.1) is 0 Å². The number of aliphatic hydroxyl groups excluding tert-OH is 1. The number of hydrogen-bond donors (Lipinski definition) is 1. The summed E-state index contributed by atoms with van der Waals surface area (Å²) in [4.78, 5) is 4.83. The van der Waals surface area contributed by atoms with Crippen molar-refractivity contribution in [3.8, 4) is 0 Å². The molecule has 1 fully saturated rings. The van der Waals surface area contributed by atoms with Gasteiger partial charge in [0.2, 0.25) is 0 Å². The Hall–Kier alpha value is -0.120. The Morgan fingerprint density at radius 2 is 2.29 bits per heavy atom. The second-order valence-electron chi connectivity index (χ2n) is 4.30. The molecule has 1 unspecified atom stereocenters. The Morgan fingerprint density at radius 1 is 1.50 bits per heavy atom. The smallest absolute Gasteiger partial charge is 0.0558 e. The van der Waals surface area contributed by atoms with Crippen LogP contribution in [0.4, 0.5) is 0 Å². The minimum absolute atomic E-state index is 0.280. The monoisotopic (exact) mass is 200 g/mol. The highest BCUT2D eigenvalue weighted by atomic mass is 16.3. The van der Waals surface area contributed by atoms with E-state index >= 15 is 0 Å². The van der Waals surface area contributed by atoms with Gasteiger partial charge < -0.3 is 10.0 Å². The quantitative estimate of drug-likeness (QED) is 0.686. The molecule has 14 heavy (non-hydrogen) atoms. The molecular weight excluding hydrogens is 176 g/mol. The van der Waals surface area contributed by atoms with Crippen molar-refractivity contribution in [3.05, 3.63) is 0 Å². The third-order valence-electron chi connectivity index (χ3n) is 3.15. The van der Waals surface area contributed by atoms with Gasteiger partial charge in [-0.25, -0.2) is 0 Å². The van der Waals surface area contributed by atoms with Crippen LogP contribution in [-0.4, -0.2) is 60.8 Å². The van der Waals surface area contributed by atoms with Crippen molar-refractivity contribution in [1.29, 1.82) is 0 Å². The minimum atomic E-state index is 0.280. The van der Waals surface area contributed by atoms with Crippen LogP contribution < -0.4 is 0 Å². The number of likely N-dealkylation sites (tertiary alicyclic amines) is 1. The lowest BCUT2D eigenvalue weighted by Gasteiger charge is -2.23. The molecule has 0 aromatic carbocycles. The Morgan fingerprint density at radius 3 is 2.93 bits per heavy atom. The number of rotatable bonds is 6. The Kier molecular flexibility index (Phi) is 5.45. The molecule has 1 atom stereocenters. The van der Waals surface area contributed by atoms with Crippen LogP contribution in [0.2, 0.25) is 0 Å². The fraction of sp³-hybridized carbons (Fsp3) is 1.00. The van der Waals surface area contributed by atoms with E-state index in [1.807, 2.05) is 0 Å². The van der Waals surface area contributed by atoms with Crippen molar-refractivity contribution < 1.29 is 5.11 Å². The zero-order valence-corrected chi connectivity index (χ0v) is 9.58. The third kappa shape index (κ3) is 3.56. The van der Waals surface area contributed by atoms with E-state index in [1.165, 1.54) is 38.9 Å². The largest absolute Gasteiger partial charge is 0.395 e. The van der Waals surface area contributed by atoms with Crippen LogP contribution in [-0.2, 0) is 0 Å². The van der Waals surface area contributed by atoms with Gasteiger partial charge in [-0.2, -0.15) is 0 Å². The van der Waals surface area contributed by atoms with Crippen molar-refractivity contribution in [1.82, 2.24) is 9.80 Å². The summed E-state index contributed by atoms with van der Waals surface area (Å²) in [6.45, 7) is 7.01. The summed E-state index contributed by atoms with van der Waals surface area (Å²) >= 11 is 0. The van der Waals surface area contributed by atoms with Crippen LogP contribution in [0.15, 0.2) is 0 Å². The molecule has 0 aromatic heterocycles. The highest BCUT2D eigenvalue weighted by molar-refractivity contribution is 4.81. The van der Waals surface area contributed by atoms with Crippen molar-refractivity contribution in [3.63, 3.8) is 0 Å². The van der Waals surface area contributed by atoms with Crippen molar-refractivity contribution in [2.45, 2.75) is 32.2 Å². The van der Waals surface area contributed by atoms with Crippen LogP contribution in [0, 0.1) is 0 Å². The van der Waals surface area contributed by atoms with Gasteiger partial charge in [-0.05, 0) is 33.0 Å². The van der Waals surface area contributed by atoms with E-state index < -0.39 is 0 Å². The molecule has 1 heterocycles. The third-order valence-corrected chi connectivity index (χ3v) is 3.15. The van der Waals surface area contributed by atoms with Gasteiger partial charge in [0, 0.05) is 19.1 Å². The van der Waals surface area contributed by atoms with Gasteiger partial charge in [-0.1, -0.05) is 13.3 Å². The second-order valence-corrected chi connectivity index (χ2v) is 4.30. The summed E-state index contributed by atoms with van der Waals surface area (Å²) in [5.74, 6) is 0. The molecule has 0 saturated carbocycles. The number of unbranched alkanes of at least 4 members (excludes halogenated alkanes) is 1. The lowest BCUT2D eigenvalue weighted by Crippen LogP contribution is -2.36. The maximum Gasteiger partial charge on any atom is 0.0558 e. The van der Waals surface area contributed by atoms with Crippen molar-refractivity contribution in [2.75, 3.05) is 39.8 Å². The molecule has 3 heteroatoms. The van der Waals surface area contributed by atoms with E-state index in [-0.39, 0.29) is 6.61 Å². The zero-order valence-electron chi connectivity index (χ0n) is 9.58. The molecule has 3 nitrogen and oxygen atoms in total. The molecule has 1 saturated heterocycles. The van der Waals surface area contributed by atoms with E-state index in [4.69, 9.17) is 5.11 Å². The molecule has 0 aliphatic carbocycles. The van der Waals surface area contributed by atoms with Crippen molar-refractivity contribution >= 4 is 0 Å². The van der Waals surface area contributed by atoms with Crippen molar-refractivity contribution in [2.24, 2.45) is 0 Å². The number of hydrogen-bond acceptors (Lipinski definition) is 3. The molecule has 1 aliphatic heterocycles. The van der Waals surface area contributed by atoms with Gasteiger partial charge in [0.15, 0.2) is 0 Å². The number of aliphatic hydroxyl groups is 1. The van der Waals surface area contributed by atoms with Gasteiger partial charge in [-0.3, -0.25) is 4.90 Å². The summed E-state index contributed by atoms with van der Waals surface area (Å²) < 4.78 is 0. The Bertz CT molecular complexity index is 152. The van der Waals surface area contributed by atoms with Crippen LogP contribution in [0.1, 0.15) is 26.2 Å². The van der Waals surface area contributed by atoms with Gasteiger partial charge in [0.25, 0.3) is 0 Å². The molecule has 1 aliphatic rings. The van der Waals surface area contributed by atoms with Crippen LogP contribution in [0.5, 0.6) is 0 Å². The molecule has 1 rings (SSSR count). The summed E-state index contributed by atoms with van der Waals surface area (Å²) in [7, 11) is 2.12. The van der Waals surface area contributed by atoms with E-state index in [0.29, 0.717) is 6.04 Å². The fourth-order valence-corrected chi connectivity index (χ4v) is 2.10. The summed E-state index contributed by atoms with van der Waals surface area (Å²) in [5, 5.41) is 8.85. The van der Waals surface area contributed by atoms with Gasteiger partial charge in [0.1, 0.15) is 0 Å². The number of nitrogens with zero attached hydrogens (tertiary/aromatic N) is 2. The number of likely N-dealkylation sites (N-methyl/N-ethyl adjacent to an activating group) is 1. The lowest BCUT2D eigenvalue weighted by molar-refractivity contribution is 0.178. The molecule has 0 bridgehead atoms. The maximum absolute atomic E-state index is 8.85. The van der Waals surface area contributed by atoms with E-state index in [9.17, 15) is 0 Å². The molecule has 84 valence electrons. The standard InChI is InChI=1S/C11H24N2O/c1-3-4-6-13-7-5-11(10-13)12(2)8-9-14/h11,14H,3-10H2,1-2H3. The van der Waals surface area contributed by atoms with E-state index in [2.05, 4.69) is 23.8 Å². The zero-order chi connectivity index (χ0) is 10.4. The van der Waals surface area contributed by atoms with E-state index in [1.54, 1.807) is 0 Å². The molecular formula is C11H24N2O. The predicted molar refractivity (Wildman–Crippen MR) is 59.5 cm³/mol. The fourth-order valence-electron chi connectivity index (χ4n) is 2.10. The highest BCUT2D eigenvalue weighted by Crippen LogP contribution is 2.14. The molecule has 0 aromatic rings. The van der Waals surface area contributed by atoms with Crippen LogP contribution >= 0.6 is 0 Å². The SMILES string of the molecule is CCCCN1CCC(N(C)CCO)C1. The predicted octanol–water partition coefficient (Wildman–Crippen LogP) is 0.785. The van der Waals surface area contributed by atoms with E-state index in [0.717, 1.165) is 6.54 Å². The summed E-state index contributed by atoms with van der Waals surface area (Å²) in [5.41, 5.74) is 0. The topological polar surface area (TPSA) is 26.7 Å². The average Bonchev–Trinajstić information content (AvgIpc) is 2.63.